The standard InChI is InChI=1S/C17H17N/c1-3-7-13-10-11-17-15(12-13)14-8-5-6-9-16(14)18(17)4-2/h3,5-12H,4H2,1-2H3/b7-3-. The lowest BCUT2D eigenvalue weighted by molar-refractivity contribution is 0.827. The van der Waals surface area contributed by atoms with Gasteiger partial charge in [0.2, 0.25) is 0 Å². The van der Waals surface area contributed by atoms with Gasteiger partial charge < -0.3 is 4.57 Å². The van der Waals surface area contributed by atoms with E-state index in [-0.39, 0.29) is 0 Å². The highest BCUT2D eigenvalue weighted by molar-refractivity contribution is 6.08. The lowest BCUT2D eigenvalue weighted by atomic mass is 10.1. The minimum absolute atomic E-state index is 1.01. The molecular weight excluding hydrogens is 218 g/mol. The average Bonchev–Trinajstić information content (AvgIpc) is 2.72. The van der Waals surface area contributed by atoms with E-state index in [1.165, 1.54) is 27.4 Å². The second-order valence-corrected chi connectivity index (χ2v) is 4.54. The highest BCUT2D eigenvalue weighted by Gasteiger charge is 2.08. The molecule has 1 heterocycles. The Hall–Kier alpha value is -2.02. The number of para-hydroxylation sites is 1. The molecule has 1 nitrogen and oxygen atoms in total. The molecule has 1 heteroatoms. The molecular formula is C17H17N. The van der Waals surface area contributed by atoms with Crippen LogP contribution in [0.1, 0.15) is 19.4 Å². The van der Waals surface area contributed by atoms with E-state index < -0.39 is 0 Å². The van der Waals surface area contributed by atoms with Crippen LogP contribution >= 0.6 is 0 Å². The van der Waals surface area contributed by atoms with Crippen molar-refractivity contribution < 1.29 is 0 Å². The Morgan fingerprint density at radius 2 is 1.78 bits per heavy atom. The third-order valence-corrected chi connectivity index (χ3v) is 3.47. The van der Waals surface area contributed by atoms with E-state index >= 15 is 0 Å². The van der Waals surface area contributed by atoms with Crippen LogP contribution in [-0.2, 0) is 6.54 Å². The third kappa shape index (κ3) is 1.55. The molecule has 1 aromatic heterocycles. The second-order valence-electron chi connectivity index (χ2n) is 4.54. The van der Waals surface area contributed by atoms with Crippen LogP contribution in [0.2, 0.25) is 0 Å². The molecule has 0 amide bonds. The maximum Gasteiger partial charge on any atom is 0.0491 e. The molecule has 0 aliphatic carbocycles. The topological polar surface area (TPSA) is 4.93 Å². The first-order valence-electron chi connectivity index (χ1n) is 6.49. The molecule has 18 heavy (non-hydrogen) atoms. The van der Waals surface area contributed by atoms with Crippen molar-refractivity contribution in [2.45, 2.75) is 20.4 Å². The van der Waals surface area contributed by atoms with Gasteiger partial charge in [0.25, 0.3) is 0 Å². The van der Waals surface area contributed by atoms with Crippen molar-refractivity contribution in [1.82, 2.24) is 4.57 Å². The highest BCUT2D eigenvalue weighted by atomic mass is 15.0. The number of hydrogen-bond donors (Lipinski definition) is 0. The molecule has 0 saturated heterocycles. The van der Waals surface area contributed by atoms with Crippen LogP contribution < -0.4 is 0 Å². The normalized spacial score (nSPS) is 11.9. The molecule has 0 spiro atoms. The molecule has 0 bridgehead atoms. The fraction of sp³-hybridized carbons (Fsp3) is 0.176. The zero-order valence-corrected chi connectivity index (χ0v) is 10.9. The molecule has 0 aliphatic rings. The van der Waals surface area contributed by atoms with Gasteiger partial charge in [-0.05, 0) is 37.6 Å². The minimum Gasteiger partial charge on any atom is -0.341 e. The summed E-state index contributed by atoms with van der Waals surface area (Å²) in [5.74, 6) is 0. The van der Waals surface area contributed by atoms with Gasteiger partial charge in [-0.15, -0.1) is 0 Å². The monoisotopic (exact) mass is 235 g/mol. The summed E-state index contributed by atoms with van der Waals surface area (Å²) in [5, 5.41) is 2.70. The molecule has 3 rings (SSSR count). The Balaban J connectivity index is 2.44. The third-order valence-electron chi connectivity index (χ3n) is 3.47. The van der Waals surface area contributed by atoms with Crippen molar-refractivity contribution in [2.24, 2.45) is 0 Å². The summed E-state index contributed by atoms with van der Waals surface area (Å²) in [6, 6.07) is 15.3. The maximum absolute atomic E-state index is 2.38. The van der Waals surface area contributed by atoms with Crippen LogP contribution in [0.25, 0.3) is 27.9 Å². The lowest BCUT2D eigenvalue weighted by Gasteiger charge is -2.02. The first-order valence-corrected chi connectivity index (χ1v) is 6.49. The molecule has 3 aromatic rings. The Kier molecular flexibility index (Phi) is 2.67. The molecule has 2 aromatic carbocycles. The second kappa shape index (κ2) is 4.34. The van der Waals surface area contributed by atoms with Crippen molar-refractivity contribution in [3.05, 3.63) is 54.1 Å². The highest BCUT2D eigenvalue weighted by Crippen LogP contribution is 2.29. The first-order chi connectivity index (χ1) is 8.85. The van der Waals surface area contributed by atoms with Crippen LogP contribution in [0, 0.1) is 0 Å². The quantitative estimate of drug-likeness (QED) is 0.598. The molecule has 0 unspecified atom stereocenters. The van der Waals surface area contributed by atoms with Gasteiger partial charge in [0.1, 0.15) is 0 Å². The van der Waals surface area contributed by atoms with E-state index in [4.69, 9.17) is 0 Å². The van der Waals surface area contributed by atoms with Gasteiger partial charge in [-0.3, -0.25) is 0 Å². The van der Waals surface area contributed by atoms with E-state index in [0.29, 0.717) is 0 Å². The Morgan fingerprint density at radius 1 is 1.00 bits per heavy atom. The Labute approximate surface area is 107 Å². The fourth-order valence-corrected chi connectivity index (χ4v) is 2.71. The van der Waals surface area contributed by atoms with Gasteiger partial charge in [0, 0.05) is 28.4 Å². The number of nitrogens with zero attached hydrogens (tertiary/aromatic N) is 1. The number of aryl methyl sites for hydroxylation is 1. The summed E-state index contributed by atoms with van der Waals surface area (Å²) in [6.45, 7) is 5.26. The summed E-state index contributed by atoms with van der Waals surface area (Å²) in [4.78, 5) is 0. The van der Waals surface area contributed by atoms with Crippen LogP contribution in [0.5, 0.6) is 0 Å². The van der Waals surface area contributed by atoms with Gasteiger partial charge >= 0.3 is 0 Å². The largest absolute Gasteiger partial charge is 0.341 e. The summed E-state index contributed by atoms with van der Waals surface area (Å²) in [6.07, 6.45) is 4.23. The molecule has 0 saturated carbocycles. The zero-order chi connectivity index (χ0) is 12.5. The fourth-order valence-electron chi connectivity index (χ4n) is 2.71. The molecule has 90 valence electrons. The minimum atomic E-state index is 1.01. The zero-order valence-electron chi connectivity index (χ0n) is 10.9. The van der Waals surface area contributed by atoms with Crippen LogP contribution in [0.4, 0.5) is 0 Å². The summed E-state index contributed by atoms with van der Waals surface area (Å²) >= 11 is 0. The number of rotatable bonds is 2. The van der Waals surface area contributed by atoms with Crippen molar-refractivity contribution in [1.29, 1.82) is 0 Å². The van der Waals surface area contributed by atoms with Crippen LogP contribution in [0.15, 0.2) is 48.5 Å². The number of benzene rings is 2. The van der Waals surface area contributed by atoms with Gasteiger partial charge in [-0.2, -0.15) is 0 Å². The van der Waals surface area contributed by atoms with E-state index in [1.54, 1.807) is 0 Å². The van der Waals surface area contributed by atoms with Crippen molar-refractivity contribution >= 4 is 27.9 Å². The average molecular weight is 235 g/mol. The van der Waals surface area contributed by atoms with E-state index in [1.807, 2.05) is 0 Å². The number of allylic oxidation sites excluding steroid dienone is 1. The maximum atomic E-state index is 2.38. The van der Waals surface area contributed by atoms with E-state index in [2.05, 4.69) is 73.0 Å². The van der Waals surface area contributed by atoms with Gasteiger partial charge in [-0.25, -0.2) is 0 Å². The van der Waals surface area contributed by atoms with Crippen LogP contribution in [-0.4, -0.2) is 4.57 Å². The van der Waals surface area contributed by atoms with Crippen molar-refractivity contribution in [3.63, 3.8) is 0 Å². The predicted molar refractivity (Wildman–Crippen MR) is 79.8 cm³/mol. The van der Waals surface area contributed by atoms with Gasteiger partial charge in [0.15, 0.2) is 0 Å². The smallest absolute Gasteiger partial charge is 0.0491 e. The molecule has 0 aliphatic heterocycles. The van der Waals surface area contributed by atoms with Crippen molar-refractivity contribution in [2.75, 3.05) is 0 Å². The van der Waals surface area contributed by atoms with E-state index in [0.717, 1.165) is 6.54 Å². The molecule has 0 fully saturated rings. The van der Waals surface area contributed by atoms with Gasteiger partial charge in [-0.1, -0.05) is 36.4 Å². The van der Waals surface area contributed by atoms with E-state index in [9.17, 15) is 0 Å². The molecule has 0 atom stereocenters. The lowest BCUT2D eigenvalue weighted by Crippen LogP contribution is -1.92. The molecule has 0 radical (unpaired) electrons. The van der Waals surface area contributed by atoms with Crippen molar-refractivity contribution in [3.8, 4) is 0 Å². The number of fused-ring (bicyclic) bond motifs is 3. The summed E-state index contributed by atoms with van der Waals surface area (Å²) in [7, 11) is 0. The molecule has 0 N–H and O–H groups in total. The predicted octanol–water partition coefficient (Wildman–Crippen LogP) is 4.85. The number of aromatic nitrogens is 1. The Morgan fingerprint density at radius 3 is 2.56 bits per heavy atom. The SMILES string of the molecule is C/C=C\c1ccc2c(c1)c1ccccc1n2CC. The number of hydrogen-bond acceptors (Lipinski definition) is 0. The Bertz CT molecular complexity index is 732. The van der Waals surface area contributed by atoms with Gasteiger partial charge in [0.05, 0.1) is 0 Å². The summed E-state index contributed by atoms with van der Waals surface area (Å²) in [5.41, 5.74) is 3.92. The summed E-state index contributed by atoms with van der Waals surface area (Å²) < 4.78 is 2.38. The van der Waals surface area contributed by atoms with Crippen LogP contribution in [0.3, 0.4) is 0 Å². The first kappa shape index (κ1) is 11.1.